The van der Waals surface area contributed by atoms with Gasteiger partial charge in [0, 0.05) is 14.2 Å². The van der Waals surface area contributed by atoms with Crippen molar-refractivity contribution < 1.29 is 14.3 Å². The highest BCUT2D eigenvalue weighted by Gasteiger charge is 2.14. The van der Waals surface area contributed by atoms with Gasteiger partial charge in [0.15, 0.2) is 6.29 Å². The zero-order chi connectivity index (χ0) is 9.56. The third kappa shape index (κ3) is 4.27. The Labute approximate surface area is 72.2 Å². The number of nitrogens with two attached hydrogens (primary N) is 1. The van der Waals surface area contributed by atoms with Crippen LogP contribution >= 0.6 is 0 Å². The molecule has 0 aromatic rings. The Bertz CT molecular complexity index is 137. The molecule has 3 N–H and O–H groups in total. The number of carbonyl (C=O) groups excluding carboxylic acids is 1. The number of carbonyl (C=O) groups is 1. The largest absolute Gasteiger partial charge is 0.369 e. The molecule has 0 rings (SSSR count). The Hall–Kier alpha value is -0.650. The summed E-state index contributed by atoms with van der Waals surface area (Å²) in [6.07, 6.45) is -0.357. The molecule has 0 fully saturated rings. The van der Waals surface area contributed by atoms with Crippen molar-refractivity contribution >= 4 is 5.91 Å². The molecule has 12 heavy (non-hydrogen) atoms. The Balaban J connectivity index is 3.68. The molecule has 5 heteroatoms. The molecular weight excluding hydrogens is 160 g/mol. The van der Waals surface area contributed by atoms with E-state index in [1.54, 1.807) is 0 Å². The first-order valence-electron chi connectivity index (χ1n) is 3.69. The van der Waals surface area contributed by atoms with Gasteiger partial charge in [-0.25, -0.2) is 0 Å². The average molecular weight is 176 g/mol. The van der Waals surface area contributed by atoms with Gasteiger partial charge in [-0.3, -0.25) is 4.79 Å². The summed E-state index contributed by atoms with van der Waals surface area (Å²) in [5.74, 6) is -0.396. The summed E-state index contributed by atoms with van der Waals surface area (Å²) < 4.78 is 9.91. The molecule has 72 valence electrons. The van der Waals surface area contributed by atoms with Crippen LogP contribution in [0.5, 0.6) is 0 Å². The quantitative estimate of drug-likeness (QED) is 0.513. The fraction of sp³-hybridized carbons (Fsp3) is 0.857. The predicted octanol–water partition coefficient (Wildman–Crippen LogP) is -0.931. The van der Waals surface area contributed by atoms with Crippen LogP contribution in [0.2, 0.25) is 0 Å². The highest BCUT2D eigenvalue weighted by Crippen LogP contribution is 1.97. The van der Waals surface area contributed by atoms with Crippen LogP contribution in [-0.4, -0.2) is 39.0 Å². The zero-order valence-electron chi connectivity index (χ0n) is 7.66. The summed E-state index contributed by atoms with van der Waals surface area (Å²) in [7, 11) is 3.08. The van der Waals surface area contributed by atoms with E-state index in [1.165, 1.54) is 14.2 Å². The number of amides is 1. The molecule has 0 radical (unpaired) electrons. The second kappa shape index (κ2) is 5.93. The van der Waals surface area contributed by atoms with Crippen molar-refractivity contribution in [3.63, 3.8) is 0 Å². The van der Waals surface area contributed by atoms with E-state index in [9.17, 15) is 4.79 Å². The minimum atomic E-state index is -0.396. The topological polar surface area (TPSA) is 73.6 Å². The molecule has 0 aliphatic heterocycles. The maximum Gasteiger partial charge on any atom is 0.231 e. The normalized spacial score (nSPS) is 13.3. The van der Waals surface area contributed by atoms with Gasteiger partial charge in [0.25, 0.3) is 0 Å². The van der Waals surface area contributed by atoms with Gasteiger partial charge in [0.2, 0.25) is 5.91 Å². The average Bonchev–Trinajstić information content (AvgIpc) is 2.03. The van der Waals surface area contributed by atoms with Crippen LogP contribution in [0.1, 0.15) is 6.92 Å². The fourth-order valence-electron chi connectivity index (χ4n) is 0.862. The van der Waals surface area contributed by atoms with Crippen molar-refractivity contribution in [1.29, 1.82) is 0 Å². The summed E-state index contributed by atoms with van der Waals surface area (Å²) in [5.41, 5.74) is 4.94. The van der Waals surface area contributed by atoms with Gasteiger partial charge in [-0.1, -0.05) is 0 Å². The van der Waals surface area contributed by atoms with Crippen molar-refractivity contribution in [2.45, 2.75) is 19.3 Å². The first-order chi connectivity index (χ1) is 5.61. The van der Waals surface area contributed by atoms with Gasteiger partial charge in [0.05, 0.1) is 12.6 Å². The molecule has 0 spiro atoms. The second-order valence-corrected chi connectivity index (χ2v) is 2.48. The van der Waals surface area contributed by atoms with E-state index in [1.807, 2.05) is 6.92 Å². The van der Waals surface area contributed by atoms with Crippen molar-refractivity contribution in [3.05, 3.63) is 0 Å². The number of primary amides is 1. The first kappa shape index (κ1) is 11.4. The van der Waals surface area contributed by atoms with E-state index in [2.05, 4.69) is 5.32 Å². The molecule has 0 aromatic carbocycles. The standard InChI is InChI=1S/C7H16N2O3/c1-5(7(11-2)12-3)9-4-6(8)10/h5,7,9H,4H2,1-3H3,(H2,8,10). The Morgan fingerprint density at radius 3 is 2.33 bits per heavy atom. The SMILES string of the molecule is COC(OC)C(C)NCC(N)=O. The summed E-state index contributed by atoms with van der Waals surface area (Å²) in [4.78, 5) is 10.4. The van der Waals surface area contributed by atoms with E-state index in [0.29, 0.717) is 0 Å². The van der Waals surface area contributed by atoms with E-state index in [0.717, 1.165) is 0 Å². The Morgan fingerprint density at radius 1 is 1.50 bits per heavy atom. The van der Waals surface area contributed by atoms with Gasteiger partial charge >= 0.3 is 0 Å². The highest BCUT2D eigenvalue weighted by molar-refractivity contribution is 5.75. The number of nitrogens with one attached hydrogen (secondary N) is 1. The van der Waals surface area contributed by atoms with E-state index >= 15 is 0 Å². The number of rotatable bonds is 6. The van der Waals surface area contributed by atoms with Crippen molar-refractivity contribution in [2.75, 3.05) is 20.8 Å². The molecule has 1 unspecified atom stereocenters. The van der Waals surface area contributed by atoms with Gasteiger partial charge in [-0.2, -0.15) is 0 Å². The third-order valence-corrected chi connectivity index (χ3v) is 1.47. The maximum absolute atomic E-state index is 10.4. The minimum Gasteiger partial charge on any atom is -0.369 e. The lowest BCUT2D eigenvalue weighted by atomic mass is 10.3. The first-order valence-corrected chi connectivity index (χ1v) is 3.69. The van der Waals surface area contributed by atoms with Crippen LogP contribution in [0.25, 0.3) is 0 Å². The molecule has 0 heterocycles. The lowest BCUT2D eigenvalue weighted by Crippen LogP contribution is -2.43. The van der Waals surface area contributed by atoms with Gasteiger partial charge < -0.3 is 20.5 Å². The Kier molecular flexibility index (Phi) is 5.61. The van der Waals surface area contributed by atoms with Crippen molar-refractivity contribution in [3.8, 4) is 0 Å². The smallest absolute Gasteiger partial charge is 0.231 e. The lowest BCUT2D eigenvalue weighted by Gasteiger charge is -2.21. The predicted molar refractivity (Wildman–Crippen MR) is 44.5 cm³/mol. The number of hydrogen-bond donors (Lipinski definition) is 2. The molecule has 0 aliphatic rings. The van der Waals surface area contributed by atoms with E-state index in [4.69, 9.17) is 15.2 Å². The maximum atomic E-state index is 10.4. The number of ether oxygens (including phenoxy) is 2. The summed E-state index contributed by atoms with van der Waals surface area (Å²) in [6, 6.07) is -0.0625. The van der Waals surface area contributed by atoms with E-state index in [-0.39, 0.29) is 18.9 Å². The summed E-state index contributed by atoms with van der Waals surface area (Å²) in [6.45, 7) is 1.98. The van der Waals surface area contributed by atoms with Crippen LogP contribution in [-0.2, 0) is 14.3 Å². The third-order valence-electron chi connectivity index (χ3n) is 1.47. The molecule has 0 saturated carbocycles. The van der Waals surface area contributed by atoms with Crippen molar-refractivity contribution in [2.24, 2.45) is 5.73 Å². The molecule has 0 aromatic heterocycles. The molecule has 5 nitrogen and oxygen atoms in total. The number of methoxy groups -OCH3 is 2. The van der Waals surface area contributed by atoms with Gasteiger partial charge in [-0.05, 0) is 6.92 Å². The lowest BCUT2D eigenvalue weighted by molar-refractivity contribution is -0.124. The van der Waals surface area contributed by atoms with Crippen LogP contribution in [0, 0.1) is 0 Å². The molecule has 0 bridgehead atoms. The highest BCUT2D eigenvalue weighted by atomic mass is 16.7. The second-order valence-electron chi connectivity index (χ2n) is 2.48. The fourth-order valence-corrected chi connectivity index (χ4v) is 0.862. The molecule has 0 saturated heterocycles. The van der Waals surface area contributed by atoms with E-state index < -0.39 is 5.91 Å². The Morgan fingerprint density at radius 2 is 2.00 bits per heavy atom. The van der Waals surface area contributed by atoms with Gasteiger partial charge in [0.1, 0.15) is 0 Å². The zero-order valence-corrected chi connectivity index (χ0v) is 7.66. The van der Waals surface area contributed by atoms with Crippen LogP contribution in [0.3, 0.4) is 0 Å². The molecule has 0 aliphatic carbocycles. The summed E-state index contributed by atoms with van der Waals surface area (Å²) >= 11 is 0. The van der Waals surface area contributed by atoms with Crippen LogP contribution in [0.15, 0.2) is 0 Å². The van der Waals surface area contributed by atoms with Crippen molar-refractivity contribution in [1.82, 2.24) is 5.32 Å². The monoisotopic (exact) mass is 176 g/mol. The molecular formula is C7H16N2O3. The van der Waals surface area contributed by atoms with Gasteiger partial charge in [-0.15, -0.1) is 0 Å². The molecule has 1 atom stereocenters. The molecule has 1 amide bonds. The van der Waals surface area contributed by atoms with Crippen LogP contribution < -0.4 is 11.1 Å². The summed E-state index contributed by atoms with van der Waals surface area (Å²) in [5, 5.41) is 2.86. The minimum absolute atomic E-state index is 0.0625. The van der Waals surface area contributed by atoms with Crippen LogP contribution in [0.4, 0.5) is 0 Å². The number of hydrogen-bond acceptors (Lipinski definition) is 4.